The number of benzene rings is 3. The quantitative estimate of drug-likeness (QED) is 0.347. The summed E-state index contributed by atoms with van der Waals surface area (Å²) < 4.78 is 11.7. The molecule has 0 saturated carbocycles. The summed E-state index contributed by atoms with van der Waals surface area (Å²) in [7, 11) is 1.59. The molecule has 7 rings (SSSR count). The van der Waals surface area contributed by atoms with Gasteiger partial charge in [-0.25, -0.2) is 0 Å². The number of rotatable bonds is 9. The van der Waals surface area contributed by atoms with E-state index in [9.17, 15) is 14.4 Å². The maximum Gasteiger partial charge on any atom is 0.261 e. The number of aliphatic imine (C=N–C) groups is 1. The van der Waals surface area contributed by atoms with Gasteiger partial charge >= 0.3 is 0 Å². The summed E-state index contributed by atoms with van der Waals surface area (Å²) in [6, 6.07) is 14.9. The van der Waals surface area contributed by atoms with Crippen LogP contribution in [0.25, 0.3) is 10.8 Å². The lowest BCUT2D eigenvalue weighted by atomic mass is 9.94. The second kappa shape index (κ2) is 12.0. The largest absolute Gasteiger partial charge is 0.493 e. The molecule has 0 aliphatic carbocycles. The van der Waals surface area contributed by atoms with Crippen molar-refractivity contribution in [3.05, 3.63) is 65.2 Å². The molecular weight excluding hydrogens is 558 g/mol. The minimum absolute atomic E-state index is 0.000175. The summed E-state index contributed by atoms with van der Waals surface area (Å²) in [6.07, 6.45) is 4.56. The third-order valence-corrected chi connectivity index (χ3v) is 9.30. The molecule has 0 N–H and O–H groups in total. The van der Waals surface area contributed by atoms with Gasteiger partial charge in [0, 0.05) is 74.6 Å². The van der Waals surface area contributed by atoms with Gasteiger partial charge in [-0.1, -0.05) is 24.3 Å². The lowest BCUT2D eigenvalue weighted by molar-refractivity contribution is 0.0596. The highest BCUT2D eigenvalue weighted by atomic mass is 16.5. The Morgan fingerprint density at radius 1 is 0.795 bits per heavy atom. The molecule has 10 heteroatoms. The molecule has 1 atom stereocenters. The van der Waals surface area contributed by atoms with Crippen LogP contribution < -0.4 is 9.47 Å². The number of fused-ring (bicyclic) bond motifs is 2. The van der Waals surface area contributed by atoms with E-state index >= 15 is 0 Å². The summed E-state index contributed by atoms with van der Waals surface area (Å²) in [5.74, 6) is 0.737. The fourth-order valence-corrected chi connectivity index (χ4v) is 6.88. The van der Waals surface area contributed by atoms with E-state index in [0.717, 1.165) is 75.8 Å². The van der Waals surface area contributed by atoms with Gasteiger partial charge in [0.25, 0.3) is 17.7 Å². The fraction of sp³-hybridized carbons (Fsp3) is 0.412. The van der Waals surface area contributed by atoms with E-state index in [1.807, 2.05) is 53.6 Å². The van der Waals surface area contributed by atoms with E-state index in [1.165, 1.54) is 4.90 Å². The van der Waals surface area contributed by atoms with Crippen LogP contribution in [0.1, 0.15) is 50.3 Å². The molecular formula is C34H37N5O5. The van der Waals surface area contributed by atoms with Gasteiger partial charge in [-0.2, -0.15) is 0 Å². The number of carbonyl (C=O) groups is 3. The number of hydrogen-bond donors (Lipinski definition) is 0. The van der Waals surface area contributed by atoms with Gasteiger partial charge in [-0.15, -0.1) is 0 Å². The third kappa shape index (κ3) is 5.22. The van der Waals surface area contributed by atoms with Crippen LogP contribution in [-0.2, 0) is 0 Å². The van der Waals surface area contributed by atoms with Crippen LogP contribution in [0.4, 0.5) is 5.69 Å². The van der Waals surface area contributed by atoms with Gasteiger partial charge in [0.15, 0.2) is 11.5 Å². The Hall–Kier alpha value is -4.28. The molecule has 3 amide bonds. The zero-order valence-electron chi connectivity index (χ0n) is 25.0. The van der Waals surface area contributed by atoms with Gasteiger partial charge in [0.05, 0.1) is 24.4 Å². The Balaban J connectivity index is 0.883. The Labute approximate surface area is 256 Å². The number of ether oxygens (including phenoxy) is 2. The lowest BCUT2D eigenvalue weighted by Gasteiger charge is -2.35. The second-order valence-electron chi connectivity index (χ2n) is 11.9. The van der Waals surface area contributed by atoms with Gasteiger partial charge in [0.2, 0.25) is 0 Å². The predicted molar refractivity (Wildman–Crippen MR) is 168 cm³/mol. The molecule has 3 aromatic carbocycles. The van der Waals surface area contributed by atoms with Crippen LogP contribution in [0.5, 0.6) is 11.5 Å². The van der Waals surface area contributed by atoms with Gasteiger partial charge in [0.1, 0.15) is 6.61 Å². The maximum absolute atomic E-state index is 13.2. The number of carbonyl (C=O) groups excluding carboxylic acids is 3. The first kappa shape index (κ1) is 28.5. The van der Waals surface area contributed by atoms with Crippen molar-refractivity contribution >= 4 is 40.4 Å². The van der Waals surface area contributed by atoms with Crippen molar-refractivity contribution in [2.24, 2.45) is 4.99 Å². The minimum Gasteiger partial charge on any atom is -0.493 e. The number of piperazine rings is 1. The van der Waals surface area contributed by atoms with Crippen LogP contribution in [0.15, 0.2) is 53.5 Å². The number of nitrogens with zero attached hydrogens (tertiary/aromatic N) is 5. The summed E-state index contributed by atoms with van der Waals surface area (Å²) in [5, 5.41) is 1.69. The Bertz CT molecular complexity index is 1600. The molecule has 4 aliphatic rings. The molecule has 2 fully saturated rings. The van der Waals surface area contributed by atoms with Crippen molar-refractivity contribution in [1.29, 1.82) is 0 Å². The molecule has 228 valence electrons. The Kier molecular flexibility index (Phi) is 7.78. The number of imide groups is 1. The second-order valence-corrected chi connectivity index (χ2v) is 11.9. The number of amides is 3. The van der Waals surface area contributed by atoms with Crippen LogP contribution in [0, 0.1) is 0 Å². The average molecular weight is 596 g/mol. The highest BCUT2D eigenvalue weighted by Gasteiger charge is 2.34. The van der Waals surface area contributed by atoms with E-state index in [4.69, 9.17) is 9.47 Å². The smallest absolute Gasteiger partial charge is 0.261 e. The zero-order chi connectivity index (χ0) is 30.2. The van der Waals surface area contributed by atoms with Crippen LogP contribution in [-0.4, -0.2) is 116 Å². The first-order valence-electron chi connectivity index (χ1n) is 15.5. The van der Waals surface area contributed by atoms with Crippen LogP contribution >= 0.6 is 0 Å². The first-order valence-corrected chi connectivity index (χ1v) is 15.5. The molecule has 0 aromatic heterocycles. The first-order chi connectivity index (χ1) is 21.5. The van der Waals surface area contributed by atoms with Gasteiger partial charge < -0.3 is 19.3 Å². The number of methoxy groups -OCH3 is 1. The molecule has 4 aliphatic heterocycles. The third-order valence-electron chi connectivity index (χ3n) is 9.30. The summed E-state index contributed by atoms with van der Waals surface area (Å²) in [6.45, 7) is 6.93. The highest BCUT2D eigenvalue weighted by molar-refractivity contribution is 6.25. The van der Waals surface area contributed by atoms with Crippen molar-refractivity contribution in [1.82, 2.24) is 19.6 Å². The van der Waals surface area contributed by atoms with Gasteiger partial charge in [-0.3, -0.25) is 29.2 Å². The molecule has 0 radical (unpaired) electrons. The average Bonchev–Trinajstić information content (AvgIpc) is 3.48. The van der Waals surface area contributed by atoms with E-state index in [1.54, 1.807) is 13.2 Å². The molecule has 4 heterocycles. The van der Waals surface area contributed by atoms with E-state index in [0.29, 0.717) is 47.0 Å². The molecule has 0 unspecified atom stereocenters. The van der Waals surface area contributed by atoms with Gasteiger partial charge in [-0.05, 0) is 49.4 Å². The minimum atomic E-state index is -0.200. The molecule has 0 bridgehead atoms. The topological polar surface area (TPSA) is 95.0 Å². The van der Waals surface area contributed by atoms with E-state index in [2.05, 4.69) is 14.8 Å². The van der Waals surface area contributed by atoms with Crippen molar-refractivity contribution < 1.29 is 23.9 Å². The van der Waals surface area contributed by atoms with Crippen LogP contribution in [0.2, 0.25) is 0 Å². The SMILES string of the molecule is COc1cc2c(cc1OCCN1CCN(CCCN3C(=O)c4cccc5cccc(c45)C3=O)CC1)N=C[C@@H]1CCCN1C2=O. The molecule has 10 nitrogen and oxygen atoms in total. The van der Waals surface area contributed by atoms with Crippen molar-refractivity contribution in [3.8, 4) is 11.5 Å². The Morgan fingerprint density at radius 2 is 1.50 bits per heavy atom. The molecule has 44 heavy (non-hydrogen) atoms. The van der Waals surface area contributed by atoms with Crippen molar-refractivity contribution in [2.45, 2.75) is 25.3 Å². The van der Waals surface area contributed by atoms with Crippen molar-refractivity contribution in [2.75, 3.05) is 66.1 Å². The molecule has 3 aromatic rings. The highest BCUT2D eigenvalue weighted by Crippen LogP contribution is 2.38. The van der Waals surface area contributed by atoms with Crippen molar-refractivity contribution in [3.63, 3.8) is 0 Å². The summed E-state index contributed by atoms with van der Waals surface area (Å²) in [4.78, 5) is 52.1. The monoisotopic (exact) mass is 595 g/mol. The summed E-state index contributed by atoms with van der Waals surface area (Å²) >= 11 is 0. The Morgan fingerprint density at radius 3 is 2.20 bits per heavy atom. The predicted octanol–water partition coefficient (Wildman–Crippen LogP) is 3.85. The zero-order valence-corrected chi connectivity index (χ0v) is 25.0. The standard InChI is InChI=1S/C34H37N5O5/c1-43-29-20-27-28(35-22-24-8-4-12-38(24)34(27)42)21-30(29)44-19-18-37-16-14-36(15-17-37)11-5-13-39-32(40)25-9-2-6-23-7-3-10-26(31(23)25)33(39)41/h2-3,6-7,9-10,20-22,24H,4-5,8,11-19H2,1H3/t24-/m0/s1. The van der Waals surface area contributed by atoms with Crippen LogP contribution in [0.3, 0.4) is 0 Å². The lowest BCUT2D eigenvalue weighted by Crippen LogP contribution is -2.48. The summed E-state index contributed by atoms with van der Waals surface area (Å²) in [5.41, 5.74) is 2.40. The molecule has 2 saturated heterocycles. The maximum atomic E-state index is 13.2. The fourth-order valence-electron chi connectivity index (χ4n) is 6.88. The number of hydrogen-bond acceptors (Lipinski definition) is 8. The van der Waals surface area contributed by atoms with E-state index in [-0.39, 0.29) is 23.8 Å². The molecule has 0 spiro atoms. The normalized spacial score (nSPS) is 20.2. The van der Waals surface area contributed by atoms with E-state index < -0.39 is 0 Å².